The van der Waals surface area contributed by atoms with Crippen LogP contribution in [0.1, 0.15) is 32.5 Å². The number of carbonyl (C=O) groups is 1. The molecule has 0 aromatic carbocycles. The number of carbonyl (C=O) groups excluding carboxylic acids is 1. The van der Waals surface area contributed by atoms with Gasteiger partial charge in [0.25, 0.3) is 0 Å². The highest BCUT2D eigenvalue weighted by Gasteiger charge is 2.16. The van der Waals surface area contributed by atoms with Gasteiger partial charge in [0.05, 0.1) is 6.54 Å². The maximum absolute atomic E-state index is 11.8. The Hall–Kier alpha value is -1.32. The van der Waals surface area contributed by atoms with E-state index >= 15 is 0 Å². The zero-order valence-electron chi connectivity index (χ0n) is 9.66. The monoisotopic (exact) mass is 209 g/mol. The molecule has 1 unspecified atom stereocenters. The Balaban J connectivity index is 2.46. The Morgan fingerprint density at radius 1 is 1.67 bits per heavy atom. The number of hydrogen-bond donors (Lipinski definition) is 1. The van der Waals surface area contributed by atoms with E-state index in [0.29, 0.717) is 6.54 Å². The second kappa shape index (κ2) is 5.53. The molecule has 0 bridgehead atoms. The fourth-order valence-electron chi connectivity index (χ4n) is 1.62. The summed E-state index contributed by atoms with van der Waals surface area (Å²) in [7, 11) is 1.82. The quantitative estimate of drug-likeness (QED) is 0.804. The van der Waals surface area contributed by atoms with E-state index < -0.39 is 0 Å². The molecule has 84 valence electrons. The van der Waals surface area contributed by atoms with Crippen molar-refractivity contribution in [3.8, 4) is 0 Å². The van der Waals surface area contributed by atoms with Crippen LogP contribution in [0.3, 0.4) is 0 Å². The number of imidazole rings is 1. The van der Waals surface area contributed by atoms with Crippen LogP contribution in [0.4, 0.5) is 0 Å². The van der Waals surface area contributed by atoms with Gasteiger partial charge in [0.2, 0.25) is 5.91 Å². The van der Waals surface area contributed by atoms with E-state index in [1.165, 1.54) is 0 Å². The molecule has 0 spiro atoms. The molecule has 15 heavy (non-hydrogen) atoms. The van der Waals surface area contributed by atoms with Crippen LogP contribution in [-0.2, 0) is 11.3 Å². The van der Waals surface area contributed by atoms with Crippen LogP contribution in [0.25, 0.3) is 0 Å². The molecule has 1 rings (SSSR count). The Morgan fingerprint density at radius 2 is 2.40 bits per heavy atom. The van der Waals surface area contributed by atoms with Crippen molar-refractivity contribution in [2.45, 2.75) is 33.2 Å². The molecule has 1 N–H and O–H groups in total. The summed E-state index contributed by atoms with van der Waals surface area (Å²) in [6.07, 6.45) is 5.45. The molecule has 0 saturated heterocycles. The lowest BCUT2D eigenvalue weighted by atomic mass is 10.1. The minimum atomic E-state index is 0.106. The normalized spacial score (nSPS) is 12.5. The lowest BCUT2D eigenvalue weighted by molar-refractivity contribution is -0.134. The van der Waals surface area contributed by atoms with Gasteiger partial charge in [0, 0.05) is 25.4 Å². The van der Waals surface area contributed by atoms with Gasteiger partial charge in [-0.1, -0.05) is 20.3 Å². The Morgan fingerprint density at radius 3 is 2.93 bits per heavy atom. The van der Waals surface area contributed by atoms with Gasteiger partial charge in [-0.15, -0.1) is 0 Å². The fourth-order valence-corrected chi connectivity index (χ4v) is 1.62. The van der Waals surface area contributed by atoms with Crippen molar-refractivity contribution in [1.82, 2.24) is 14.9 Å². The number of amides is 1. The number of hydrogen-bond acceptors (Lipinski definition) is 2. The van der Waals surface area contributed by atoms with Crippen LogP contribution in [0.5, 0.6) is 0 Å². The standard InChI is InChI=1S/C11H19N3O/c1-4-5-9(2)11(15)14(3)8-10-12-6-7-13-10/h6-7,9H,4-5,8H2,1-3H3,(H,12,13). The van der Waals surface area contributed by atoms with Gasteiger partial charge in [-0.3, -0.25) is 4.79 Å². The number of aromatic amines is 1. The third kappa shape index (κ3) is 3.38. The topological polar surface area (TPSA) is 49.0 Å². The summed E-state index contributed by atoms with van der Waals surface area (Å²) in [5.74, 6) is 1.12. The maximum Gasteiger partial charge on any atom is 0.225 e. The molecule has 1 atom stereocenters. The molecule has 0 radical (unpaired) electrons. The first-order valence-corrected chi connectivity index (χ1v) is 5.38. The minimum absolute atomic E-state index is 0.106. The van der Waals surface area contributed by atoms with E-state index in [1.807, 2.05) is 14.0 Å². The minimum Gasteiger partial charge on any atom is -0.347 e. The molecule has 1 heterocycles. The van der Waals surface area contributed by atoms with Gasteiger partial charge in [0.15, 0.2) is 0 Å². The number of aromatic nitrogens is 2. The second-order valence-electron chi connectivity index (χ2n) is 3.92. The first-order valence-electron chi connectivity index (χ1n) is 5.38. The van der Waals surface area contributed by atoms with Crippen molar-refractivity contribution in [3.63, 3.8) is 0 Å². The van der Waals surface area contributed by atoms with Gasteiger partial charge in [-0.05, 0) is 6.42 Å². The summed E-state index contributed by atoms with van der Waals surface area (Å²) in [6, 6.07) is 0. The largest absolute Gasteiger partial charge is 0.347 e. The first-order chi connectivity index (χ1) is 7.15. The summed E-state index contributed by atoms with van der Waals surface area (Å²) >= 11 is 0. The number of rotatable bonds is 5. The molecule has 0 fully saturated rings. The van der Waals surface area contributed by atoms with E-state index in [2.05, 4.69) is 16.9 Å². The number of H-pyrrole nitrogens is 1. The summed E-state index contributed by atoms with van der Waals surface area (Å²) in [4.78, 5) is 20.6. The first kappa shape index (κ1) is 11.8. The van der Waals surface area contributed by atoms with Gasteiger partial charge >= 0.3 is 0 Å². The summed E-state index contributed by atoms with van der Waals surface area (Å²) < 4.78 is 0. The van der Waals surface area contributed by atoms with Crippen molar-refractivity contribution in [1.29, 1.82) is 0 Å². The number of nitrogens with one attached hydrogen (secondary N) is 1. The molecule has 0 aliphatic heterocycles. The van der Waals surface area contributed by atoms with E-state index in [9.17, 15) is 4.79 Å². The molecule has 4 heteroatoms. The van der Waals surface area contributed by atoms with Crippen LogP contribution in [0.2, 0.25) is 0 Å². The van der Waals surface area contributed by atoms with E-state index in [0.717, 1.165) is 18.7 Å². The highest BCUT2D eigenvalue weighted by atomic mass is 16.2. The Kier molecular flexibility index (Phi) is 4.34. The van der Waals surface area contributed by atoms with Crippen molar-refractivity contribution < 1.29 is 4.79 Å². The average molecular weight is 209 g/mol. The second-order valence-corrected chi connectivity index (χ2v) is 3.92. The number of nitrogens with zero attached hydrogens (tertiary/aromatic N) is 2. The third-order valence-corrected chi connectivity index (χ3v) is 2.46. The summed E-state index contributed by atoms with van der Waals surface area (Å²) in [5, 5.41) is 0. The lowest BCUT2D eigenvalue weighted by Crippen LogP contribution is -2.31. The van der Waals surface area contributed by atoms with Crippen LogP contribution in [-0.4, -0.2) is 27.8 Å². The van der Waals surface area contributed by atoms with Gasteiger partial charge in [0.1, 0.15) is 5.82 Å². The smallest absolute Gasteiger partial charge is 0.225 e. The van der Waals surface area contributed by atoms with Gasteiger partial charge in [-0.2, -0.15) is 0 Å². The molecule has 1 amide bonds. The SMILES string of the molecule is CCCC(C)C(=O)N(C)Cc1ncc[nH]1. The van der Waals surface area contributed by atoms with E-state index in [-0.39, 0.29) is 11.8 Å². The molecular weight excluding hydrogens is 190 g/mol. The fraction of sp³-hybridized carbons (Fsp3) is 0.636. The summed E-state index contributed by atoms with van der Waals surface area (Å²) in [6.45, 7) is 4.63. The van der Waals surface area contributed by atoms with Crippen LogP contribution < -0.4 is 0 Å². The van der Waals surface area contributed by atoms with Gasteiger partial charge in [-0.25, -0.2) is 4.98 Å². The molecule has 1 aromatic heterocycles. The molecule has 4 nitrogen and oxygen atoms in total. The lowest BCUT2D eigenvalue weighted by Gasteiger charge is -2.19. The molecular formula is C11H19N3O. The van der Waals surface area contributed by atoms with E-state index in [1.54, 1.807) is 17.3 Å². The predicted octanol–water partition coefficient (Wildman–Crippen LogP) is 1.80. The van der Waals surface area contributed by atoms with E-state index in [4.69, 9.17) is 0 Å². The van der Waals surface area contributed by atoms with Crippen molar-refractivity contribution in [2.75, 3.05) is 7.05 Å². The van der Waals surface area contributed by atoms with Crippen LogP contribution in [0.15, 0.2) is 12.4 Å². The highest BCUT2D eigenvalue weighted by Crippen LogP contribution is 2.09. The molecule has 0 saturated carbocycles. The van der Waals surface area contributed by atoms with Crippen LogP contribution >= 0.6 is 0 Å². The Labute approximate surface area is 90.7 Å². The van der Waals surface area contributed by atoms with Crippen molar-refractivity contribution >= 4 is 5.91 Å². The zero-order chi connectivity index (χ0) is 11.3. The van der Waals surface area contributed by atoms with Crippen molar-refractivity contribution in [2.24, 2.45) is 5.92 Å². The maximum atomic E-state index is 11.8. The molecule has 0 aliphatic carbocycles. The van der Waals surface area contributed by atoms with Crippen molar-refractivity contribution in [3.05, 3.63) is 18.2 Å². The van der Waals surface area contributed by atoms with Crippen LogP contribution in [0, 0.1) is 5.92 Å². The third-order valence-electron chi connectivity index (χ3n) is 2.46. The summed E-state index contributed by atoms with van der Waals surface area (Å²) in [5.41, 5.74) is 0. The highest BCUT2D eigenvalue weighted by molar-refractivity contribution is 5.78. The average Bonchev–Trinajstić information content (AvgIpc) is 2.69. The zero-order valence-corrected chi connectivity index (χ0v) is 9.66. The predicted molar refractivity (Wildman–Crippen MR) is 59.1 cm³/mol. The molecule has 0 aliphatic rings. The molecule has 1 aromatic rings. The Bertz CT molecular complexity index is 295. The van der Waals surface area contributed by atoms with Gasteiger partial charge < -0.3 is 9.88 Å².